The number of hydrogen-bond acceptors (Lipinski definition) is 3. The molecule has 1 atom stereocenters. The molecule has 4 nitrogen and oxygen atoms in total. The summed E-state index contributed by atoms with van der Waals surface area (Å²) in [4.78, 5) is 11.0. The molecule has 1 unspecified atom stereocenters. The van der Waals surface area contributed by atoms with E-state index < -0.39 is 28.3 Å². The van der Waals surface area contributed by atoms with Crippen molar-refractivity contribution in [3.8, 4) is 0 Å². The largest absolute Gasteiger partial charge is 0.399 e. The Morgan fingerprint density at radius 1 is 1.10 bits per heavy atom. The SMILES string of the molecule is NC(=O)c1ccc(F)c(CS(=O)c2ccc(N)cc2F)c1. The van der Waals surface area contributed by atoms with Crippen molar-refractivity contribution >= 4 is 22.4 Å². The summed E-state index contributed by atoms with van der Waals surface area (Å²) in [6.45, 7) is 0. The number of rotatable bonds is 4. The molecule has 0 aliphatic rings. The minimum Gasteiger partial charge on any atom is -0.399 e. The topological polar surface area (TPSA) is 86.2 Å². The van der Waals surface area contributed by atoms with Gasteiger partial charge in [-0.25, -0.2) is 8.78 Å². The van der Waals surface area contributed by atoms with Crippen LogP contribution in [0.25, 0.3) is 0 Å². The molecule has 7 heteroatoms. The Morgan fingerprint density at radius 3 is 2.43 bits per heavy atom. The highest BCUT2D eigenvalue weighted by atomic mass is 32.2. The molecule has 0 heterocycles. The van der Waals surface area contributed by atoms with Gasteiger partial charge in [-0.1, -0.05) is 0 Å². The van der Waals surface area contributed by atoms with Crippen molar-refractivity contribution < 1.29 is 17.8 Å². The van der Waals surface area contributed by atoms with Crippen LogP contribution in [-0.2, 0) is 16.6 Å². The van der Waals surface area contributed by atoms with Crippen LogP contribution in [0.5, 0.6) is 0 Å². The van der Waals surface area contributed by atoms with E-state index in [0.29, 0.717) is 0 Å². The number of nitrogen functional groups attached to an aromatic ring is 1. The first kappa shape index (κ1) is 15.1. The molecule has 0 aliphatic carbocycles. The molecule has 1 amide bonds. The summed E-state index contributed by atoms with van der Waals surface area (Å²) in [5, 5.41) is 0. The van der Waals surface area contributed by atoms with E-state index in [1.807, 2.05) is 0 Å². The highest BCUT2D eigenvalue weighted by molar-refractivity contribution is 7.84. The third-order valence-corrected chi connectivity index (χ3v) is 4.21. The Bertz CT molecular complexity index is 735. The number of anilines is 1. The maximum Gasteiger partial charge on any atom is 0.248 e. The Morgan fingerprint density at radius 2 is 1.81 bits per heavy atom. The molecule has 0 aromatic heterocycles. The number of hydrogen-bond donors (Lipinski definition) is 2. The molecule has 21 heavy (non-hydrogen) atoms. The number of primary amides is 1. The molecule has 2 aromatic rings. The quantitative estimate of drug-likeness (QED) is 0.846. The molecule has 0 bridgehead atoms. The summed E-state index contributed by atoms with van der Waals surface area (Å²) in [6, 6.07) is 7.25. The Kier molecular flexibility index (Phi) is 4.32. The fourth-order valence-corrected chi connectivity index (χ4v) is 2.91. The van der Waals surface area contributed by atoms with Crippen molar-refractivity contribution in [2.45, 2.75) is 10.6 Å². The van der Waals surface area contributed by atoms with E-state index in [0.717, 1.165) is 12.1 Å². The lowest BCUT2D eigenvalue weighted by atomic mass is 10.1. The van der Waals surface area contributed by atoms with Crippen LogP contribution in [0.1, 0.15) is 15.9 Å². The van der Waals surface area contributed by atoms with Gasteiger partial charge in [0, 0.05) is 16.8 Å². The molecule has 2 aromatic carbocycles. The molecular weight excluding hydrogens is 298 g/mol. The molecule has 0 aliphatic heterocycles. The van der Waals surface area contributed by atoms with Gasteiger partial charge in [-0.15, -0.1) is 0 Å². The third kappa shape index (κ3) is 3.43. The van der Waals surface area contributed by atoms with Crippen LogP contribution in [0.15, 0.2) is 41.3 Å². The van der Waals surface area contributed by atoms with Gasteiger partial charge >= 0.3 is 0 Å². The van der Waals surface area contributed by atoms with Gasteiger partial charge in [0.15, 0.2) is 0 Å². The minimum atomic E-state index is -1.81. The highest BCUT2D eigenvalue weighted by Gasteiger charge is 2.15. The molecule has 0 radical (unpaired) electrons. The summed E-state index contributed by atoms with van der Waals surface area (Å²) >= 11 is 0. The monoisotopic (exact) mass is 310 g/mol. The predicted molar refractivity (Wildman–Crippen MR) is 75.8 cm³/mol. The van der Waals surface area contributed by atoms with Crippen LogP contribution in [0.2, 0.25) is 0 Å². The standard InChI is InChI=1S/C14H12F2N2O2S/c15-11-3-1-8(14(18)19)5-9(11)7-21(20)13-4-2-10(17)6-12(13)16/h1-6H,7,17H2,(H2,18,19). The number of halogens is 2. The fraction of sp³-hybridized carbons (Fsp3) is 0.0714. The summed E-state index contributed by atoms with van der Waals surface area (Å²) in [6.07, 6.45) is 0. The van der Waals surface area contributed by atoms with Gasteiger partial charge < -0.3 is 11.5 Å². The van der Waals surface area contributed by atoms with E-state index in [1.165, 1.54) is 24.3 Å². The molecule has 4 N–H and O–H groups in total. The lowest BCUT2D eigenvalue weighted by molar-refractivity contribution is 0.1000. The Labute approximate surface area is 122 Å². The molecular formula is C14H12F2N2O2S. The molecule has 2 rings (SSSR count). The molecule has 0 spiro atoms. The van der Waals surface area contributed by atoms with Crippen molar-refractivity contribution in [2.75, 3.05) is 5.73 Å². The lowest BCUT2D eigenvalue weighted by Gasteiger charge is -2.07. The first-order valence-corrected chi connectivity index (χ1v) is 7.22. The normalized spacial score (nSPS) is 12.1. The number of carbonyl (C=O) groups is 1. The van der Waals surface area contributed by atoms with Gasteiger partial charge in [0.2, 0.25) is 5.91 Å². The van der Waals surface area contributed by atoms with Gasteiger partial charge in [0.25, 0.3) is 0 Å². The number of nitrogens with two attached hydrogens (primary N) is 2. The summed E-state index contributed by atoms with van der Waals surface area (Å²) in [7, 11) is -1.81. The maximum absolute atomic E-state index is 13.7. The van der Waals surface area contributed by atoms with Crippen LogP contribution in [0.3, 0.4) is 0 Å². The van der Waals surface area contributed by atoms with E-state index in [2.05, 4.69) is 0 Å². The maximum atomic E-state index is 13.7. The van der Waals surface area contributed by atoms with Gasteiger partial charge in [0.1, 0.15) is 11.6 Å². The van der Waals surface area contributed by atoms with E-state index in [9.17, 15) is 17.8 Å². The Hall–Kier alpha value is -2.28. The third-order valence-electron chi connectivity index (χ3n) is 2.82. The number of carbonyl (C=O) groups excluding carboxylic acids is 1. The summed E-state index contributed by atoms with van der Waals surface area (Å²) < 4.78 is 39.5. The average molecular weight is 310 g/mol. The van der Waals surface area contributed by atoms with Crippen molar-refractivity contribution in [1.82, 2.24) is 0 Å². The second kappa shape index (κ2) is 6.01. The zero-order chi connectivity index (χ0) is 15.6. The molecule has 110 valence electrons. The van der Waals surface area contributed by atoms with Gasteiger partial charge in [-0.2, -0.15) is 0 Å². The average Bonchev–Trinajstić information content (AvgIpc) is 2.40. The molecule has 0 saturated carbocycles. The van der Waals surface area contributed by atoms with E-state index in [4.69, 9.17) is 11.5 Å². The van der Waals surface area contributed by atoms with Crippen LogP contribution in [0, 0.1) is 11.6 Å². The second-order valence-electron chi connectivity index (χ2n) is 4.35. The summed E-state index contributed by atoms with van der Waals surface area (Å²) in [5.74, 6) is -2.35. The van der Waals surface area contributed by atoms with Gasteiger partial charge in [-0.3, -0.25) is 9.00 Å². The van der Waals surface area contributed by atoms with Gasteiger partial charge in [-0.05, 0) is 36.4 Å². The van der Waals surface area contributed by atoms with Crippen molar-refractivity contribution in [3.63, 3.8) is 0 Å². The Balaban J connectivity index is 2.31. The van der Waals surface area contributed by atoms with Gasteiger partial charge in [0.05, 0.1) is 21.4 Å². The van der Waals surface area contributed by atoms with E-state index in [-0.39, 0.29) is 27.5 Å². The smallest absolute Gasteiger partial charge is 0.248 e. The zero-order valence-corrected chi connectivity index (χ0v) is 11.6. The lowest BCUT2D eigenvalue weighted by Crippen LogP contribution is -2.12. The van der Waals surface area contributed by atoms with Crippen molar-refractivity contribution in [1.29, 1.82) is 0 Å². The highest BCUT2D eigenvalue weighted by Crippen LogP contribution is 2.20. The van der Waals surface area contributed by atoms with E-state index in [1.54, 1.807) is 0 Å². The molecule has 0 fully saturated rings. The number of amides is 1. The fourth-order valence-electron chi connectivity index (χ4n) is 1.76. The minimum absolute atomic E-state index is 0.0286. The predicted octanol–water partition coefficient (Wildman–Crippen LogP) is 1.95. The molecule has 0 saturated heterocycles. The van der Waals surface area contributed by atoms with Crippen LogP contribution in [0.4, 0.5) is 14.5 Å². The zero-order valence-electron chi connectivity index (χ0n) is 10.8. The first-order chi connectivity index (χ1) is 9.88. The van der Waals surface area contributed by atoms with Crippen molar-refractivity contribution in [2.24, 2.45) is 5.73 Å². The second-order valence-corrected chi connectivity index (χ2v) is 5.77. The van der Waals surface area contributed by atoms with Crippen molar-refractivity contribution in [3.05, 3.63) is 59.2 Å². The van der Waals surface area contributed by atoms with Crippen LogP contribution < -0.4 is 11.5 Å². The van der Waals surface area contributed by atoms with Crippen LogP contribution in [-0.4, -0.2) is 10.1 Å². The van der Waals surface area contributed by atoms with Crippen LogP contribution >= 0.6 is 0 Å². The van der Waals surface area contributed by atoms with E-state index >= 15 is 0 Å². The first-order valence-electron chi connectivity index (χ1n) is 5.90. The summed E-state index contributed by atoms with van der Waals surface area (Å²) in [5.41, 5.74) is 10.8. The number of benzene rings is 2.